The molecule has 0 saturated heterocycles. The molecule has 2 aromatic rings. The van der Waals surface area contributed by atoms with Gasteiger partial charge in [-0.3, -0.25) is 14.9 Å². The van der Waals surface area contributed by atoms with Crippen molar-refractivity contribution in [3.63, 3.8) is 0 Å². The summed E-state index contributed by atoms with van der Waals surface area (Å²) >= 11 is 0. The lowest BCUT2D eigenvalue weighted by Gasteiger charge is -2.19. The van der Waals surface area contributed by atoms with Crippen LogP contribution in [0.25, 0.3) is 0 Å². The molecular weight excluding hydrogens is 394 g/mol. The lowest BCUT2D eigenvalue weighted by Crippen LogP contribution is -2.30. The minimum absolute atomic E-state index is 0.108. The molecule has 11 heteroatoms. The number of nitrogens with one attached hydrogen (secondary N) is 1. The van der Waals surface area contributed by atoms with Gasteiger partial charge in [0.05, 0.1) is 16.7 Å². The second kappa shape index (κ2) is 8.09. The molecule has 1 aliphatic rings. The minimum Gasteiger partial charge on any atom is -0.486 e. The van der Waals surface area contributed by atoms with E-state index in [2.05, 4.69) is 5.32 Å². The highest BCUT2D eigenvalue weighted by Gasteiger charge is 2.29. The van der Waals surface area contributed by atoms with Crippen molar-refractivity contribution in [2.24, 2.45) is 0 Å². The van der Waals surface area contributed by atoms with Crippen molar-refractivity contribution >= 4 is 23.3 Å². The summed E-state index contributed by atoms with van der Waals surface area (Å²) in [4.78, 5) is 35.0. The molecule has 0 aromatic heterocycles. The summed E-state index contributed by atoms with van der Waals surface area (Å²) in [6, 6.07) is 4.64. The van der Waals surface area contributed by atoms with Gasteiger partial charge in [0.1, 0.15) is 30.4 Å². The van der Waals surface area contributed by atoms with Crippen molar-refractivity contribution in [2.75, 3.05) is 18.5 Å². The molecule has 29 heavy (non-hydrogen) atoms. The summed E-state index contributed by atoms with van der Waals surface area (Å²) in [6.07, 6.45) is -1.43. The van der Waals surface area contributed by atoms with Gasteiger partial charge in [-0.15, -0.1) is 0 Å². The first-order valence-electron chi connectivity index (χ1n) is 8.31. The van der Waals surface area contributed by atoms with E-state index in [0.717, 1.165) is 24.3 Å². The number of rotatable bonds is 5. The Morgan fingerprint density at radius 3 is 2.45 bits per heavy atom. The highest BCUT2D eigenvalue weighted by molar-refractivity contribution is 5.99. The van der Waals surface area contributed by atoms with Crippen LogP contribution in [-0.4, -0.2) is 36.1 Å². The van der Waals surface area contributed by atoms with E-state index in [-0.39, 0.29) is 30.4 Å². The Hall–Kier alpha value is -3.76. The number of benzene rings is 2. The molecule has 1 amide bonds. The van der Waals surface area contributed by atoms with Gasteiger partial charge in [-0.2, -0.15) is 0 Å². The monoisotopic (exact) mass is 408 g/mol. The normalized spacial score (nSPS) is 13.3. The van der Waals surface area contributed by atoms with Gasteiger partial charge in [-0.1, -0.05) is 0 Å². The summed E-state index contributed by atoms with van der Waals surface area (Å²) in [5.74, 6) is -3.68. The fourth-order valence-electron chi connectivity index (χ4n) is 2.50. The second-order valence-corrected chi connectivity index (χ2v) is 5.93. The number of nitro groups is 1. The number of anilines is 1. The summed E-state index contributed by atoms with van der Waals surface area (Å²) in [5, 5.41) is 13.4. The number of esters is 1. The number of halogens is 2. The van der Waals surface area contributed by atoms with Crippen LogP contribution in [0, 0.1) is 21.7 Å². The molecule has 9 nitrogen and oxygen atoms in total. The maximum atomic E-state index is 13.6. The molecule has 0 unspecified atom stereocenters. The summed E-state index contributed by atoms with van der Waals surface area (Å²) in [5.41, 5.74) is -1.34. The van der Waals surface area contributed by atoms with Crippen molar-refractivity contribution in [3.05, 3.63) is 57.6 Å². The van der Waals surface area contributed by atoms with Crippen LogP contribution >= 0.6 is 0 Å². The smallest absolute Gasteiger partial charge is 0.346 e. The molecule has 0 spiro atoms. The molecule has 1 N–H and O–H groups in total. The molecule has 0 bridgehead atoms. The predicted molar refractivity (Wildman–Crippen MR) is 94.0 cm³/mol. The number of nitro benzene ring substituents is 1. The third-order valence-corrected chi connectivity index (χ3v) is 3.92. The lowest BCUT2D eigenvalue weighted by atomic mass is 10.1. The Labute approximate surface area is 162 Å². The average Bonchev–Trinajstić information content (AvgIpc) is 2.68. The number of ether oxygens (including phenoxy) is 3. The quantitative estimate of drug-likeness (QED) is 0.459. The zero-order valence-corrected chi connectivity index (χ0v) is 14.9. The molecule has 2 aromatic carbocycles. The van der Waals surface area contributed by atoms with E-state index < -0.39 is 45.8 Å². The molecule has 0 fully saturated rings. The fraction of sp³-hybridized carbons (Fsp3) is 0.222. The number of hydrogen-bond acceptors (Lipinski definition) is 7. The number of amides is 1. The van der Waals surface area contributed by atoms with Gasteiger partial charge in [-0.25, -0.2) is 13.6 Å². The van der Waals surface area contributed by atoms with Gasteiger partial charge in [0.2, 0.25) is 0 Å². The van der Waals surface area contributed by atoms with Gasteiger partial charge < -0.3 is 19.5 Å². The van der Waals surface area contributed by atoms with Crippen molar-refractivity contribution in [3.8, 4) is 11.5 Å². The first kappa shape index (κ1) is 20.0. The highest BCUT2D eigenvalue weighted by atomic mass is 19.1. The van der Waals surface area contributed by atoms with Crippen LogP contribution in [0.3, 0.4) is 0 Å². The van der Waals surface area contributed by atoms with Crippen LogP contribution in [0.5, 0.6) is 11.5 Å². The zero-order valence-electron chi connectivity index (χ0n) is 14.9. The number of nitrogens with zero attached hydrogens (tertiary/aromatic N) is 1. The molecular formula is C18H14F2N2O7. The summed E-state index contributed by atoms with van der Waals surface area (Å²) < 4.78 is 42.1. The van der Waals surface area contributed by atoms with Crippen LogP contribution < -0.4 is 14.8 Å². The van der Waals surface area contributed by atoms with Crippen LogP contribution in [0.4, 0.5) is 20.2 Å². The van der Waals surface area contributed by atoms with E-state index in [0.29, 0.717) is 6.07 Å². The molecule has 1 heterocycles. The Morgan fingerprint density at radius 1 is 1.17 bits per heavy atom. The largest absolute Gasteiger partial charge is 0.486 e. The minimum atomic E-state index is -1.43. The van der Waals surface area contributed by atoms with Gasteiger partial charge in [0.25, 0.3) is 11.6 Å². The van der Waals surface area contributed by atoms with Crippen molar-refractivity contribution < 1.29 is 37.5 Å². The van der Waals surface area contributed by atoms with Crippen molar-refractivity contribution in [1.29, 1.82) is 0 Å². The highest BCUT2D eigenvalue weighted by Crippen LogP contribution is 2.37. The predicted octanol–water partition coefficient (Wildman–Crippen LogP) is 2.83. The summed E-state index contributed by atoms with van der Waals surface area (Å²) in [6.45, 7) is 1.59. The van der Waals surface area contributed by atoms with Gasteiger partial charge in [0.15, 0.2) is 17.6 Å². The van der Waals surface area contributed by atoms with Crippen molar-refractivity contribution in [1.82, 2.24) is 0 Å². The SMILES string of the molecule is C[C@@H](OC(=O)c1cc2c(cc1[N+](=O)[O-])OCCO2)C(=O)Nc1ccc(F)cc1F. The van der Waals surface area contributed by atoms with Crippen molar-refractivity contribution in [2.45, 2.75) is 13.0 Å². The number of carbonyl (C=O) groups is 2. The third kappa shape index (κ3) is 4.39. The van der Waals surface area contributed by atoms with E-state index >= 15 is 0 Å². The van der Waals surface area contributed by atoms with Crippen LogP contribution in [0.2, 0.25) is 0 Å². The fourth-order valence-corrected chi connectivity index (χ4v) is 2.50. The summed E-state index contributed by atoms with van der Waals surface area (Å²) in [7, 11) is 0. The second-order valence-electron chi connectivity index (χ2n) is 5.93. The third-order valence-electron chi connectivity index (χ3n) is 3.92. The molecule has 0 saturated carbocycles. The van der Waals surface area contributed by atoms with E-state index in [1.807, 2.05) is 0 Å². The number of hydrogen-bond donors (Lipinski definition) is 1. The van der Waals surface area contributed by atoms with E-state index in [4.69, 9.17) is 14.2 Å². The van der Waals surface area contributed by atoms with E-state index in [1.54, 1.807) is 0 Å². The first-order valence-corrected chi connectivity index (χ1v) is 8.31. The Kier molecular flexibility index (Phi) is 5.57. The molecule has 0 radical (unpaired) electrons. The van der Waals surface area contributed by atoms with E-state index in [1.165, 1.54) is 6.92 Å². The molecule has 1 aliphatic heterocycles. The van der Waals surface area contributed by atoms with E-state index in [9.17, 15) is 28.5 Å². The van der Waals surface area contributed by atoms with Crippen LogP contribution in [0.15, 0.2) is 30.3 Å². The maximum Gasteiger partial charge on any atom is 0.346 e. The van der Waals surface area contributed by atoms with Crippen LogP contribution in [0.1, 0.15) is 17.3 Å². The Balaban J connectivity index is 1.76. The number of carbonyl (C=O) groups excluding carboxylic acids is 2. The standard InChI is InChI=1S/C18H14F2N2O7/c1-9(17(23)21-13-3-2-10(19)6-12(13)20)29-18(24)11-7-15-16(28-5-4-27-15)8-14(11)22(25)26/h2-3,6-9H,4-5H2,1H3,(H,21,23)/t9-/m1/s1. The molecule has 3 rings (SSSR count). The Bertz CT molecular complexity index is 996. The maximum absolute atomic E-state index is 13.6. The first-order chi connectivity index (χ1) is 13.8. The Morgan fingerprint density at radius 2 is 1.83 bits per heavy atom. The zero-order chi connectivity index (χ0) is 21.1. The van der Waals surface area contributed by atoms with Gasteiger partial charge in [0, 0.05) is 12.1 Å². The lowest BCUT2D eigenvalue weighted by molar-refractivity contribution is -0.385. The average molecular weight is 408 g/mol. The topological polar surface area (TPSA) is 117 Å². The molecule has 0 aliphatic carbocycles. The molecule has 1 atom stereocenters. The van der Waals surface area contributed by atoms with Gasteiger partial charge in [-0.05, 0) is 19.1 Å². The number of fused-ring (bicyclic) bond motifs is 1. The van der Waals surface area contributed by atoms with Crippen LogP contribution in [-0.2, 0) is 9.53 Å². The molecule has 152 valence electrons. The van der Waals surface area contributed by atoms with Gasteiger partial charge >= 0.3 is 5.97 Å².